The van der Waals surface area contributed by atoms with Crippen molar-refractivity contribution < 1.29 is 22.9 Å². The predicted octanol–water partition coefficient (Wildman–Crippen LogP) is 4.12. The van der Waals surface area contributed by atoms with E-state index < -0.39 is 39.0 Å². The second kappa shape index (κ2) is 12.1. The number of nitrogens with zero attached hydrogens (tertiary/aromatic N) is 3. The summed E-state index contributed by atoms with van der Waals surface area (Å²) in [5.74, 6) is -1.01. The number of non-ortho nitro benzene ring substituents is 1. The number of benzene rings is 3. The number of rotatable bonds is 10. The molecule has 1 N–H and O–H groups in total. The van der Waals surface area contributed by atoms with Gasteiger partial charge in [-0.15, -0.1) is 0 Å². The molecule has 0 radical (unpaired) electrons. The largest absolute Gasteiger partial charge is 0.350 e. The van der Waals surface area contributed by atoms with Gasteiger partial charge in [-0.25, -0.2) is 8.42 Å². The number of hydrogen-bond acceptors (Lipinski definition) is 6. The quantitative estimate of drug-likeness (QED) is 0.297. The number of sulfonamides is 1. The van der Waals surface area contributed by atoms with Crippen LogP contribution in [-0.2, 0) is 26.2 Å². The first kappa shape index (κ1) is 29.3. The van der Waals surface area contributed by atoms with Crippen molar-refractivity contribution in [3.63, 3.8) is 0 Å². The minimum Gasteiger partial charge on any atom is -0.350 e. The average molecular weight is 553 g/mol. The summed E-state index contributed by atoms with van der Waals surface area (Å²) in [7, 11) is -4.25. The van der Waals surface area contributed by atoms with Gasteiger partial charge in [-0.3, -0.25) is 24.0 Å². The van der Waals surface area contributed by atoms with Gasteiger partial charge >= 0.3 is 0 Å². The Balaban J connectivity index is 2.03. The van der Waals surface area contributed by atoms with Gasteiger partial charge in [-0.1, -0.05) is 48.5 Å². The third kappa shape index (κ3) is 7.64. The van der Waals surface area contributed by atoms with Crippen molar-refractivity contribution in [3.8, 4) is 0 Å². The average Bonchev–Trinajstić information content (AvgIpc) is 2.90. The SMILES string of the molecule is C[C@@H](C(=O)NC(C)(C)C)N(Cc1ccccc1)C(=O)CN(c1ccc([N+](=O)[O-])cc1)S(=O)(=O)c1ccccc1. The molecular formula is C28H32N4O6S. The van der Waals surface area contributed by atoms with Crippen LogP contribution in [0.5, 0.6) is 0 Å². The van der Waals surface area contributed by atoms with Crippen LogP contribution in [0.25, 0.3) is 0 Å². The highest BCUT2D eigenvalue weighted by Gasteiger charge is 2.33. The zero-order valence-electron chi connectivity index (χ0n) is 22.3. The van der Waals surface area contributed by atoms with E-state index in [9.17, 15) is 28.1 Å². The smallest absolute Gasteiger partial charge is 0.269 e. The monoisotopic (exact) mass is 552 g/mol. The van der Waals surface area contributed by atoms with E-state index in [4.69, 9.17) is 0 Å². The summed E-state index contributed by atoms with van der Waals surface area (Å²) in [4.78, 5) is 38.7. The maximum absolute atomic E-state index is 13.8. The Labute approximate surface area is 228 Å². The van der Waals surface area contributed by atoms with Gasteiger partial charge in [0.1, 0.15) is 12.6 Å². The number of carbonyl (C=O) groups excluding carboxylic acids is 2. The van der Waals surface area contributed by atoms with E-state index in [1.165, 1.54) is 41.3 Å². The second-order valence-electron chi connectivity index (χ2n) is 10.0. The molecule has 11 heteroatoms. The van der Waals surface area contributed by atoms with E-state index in [0.29, 0.717) is 0 Å². The molecule has 206 valence electrons. The van der Waals surface area contributed by atoms with Crippen molar-refractivity contribution in [2.75, 3.05) is 10.8 Å². The van der Waals surface area contributed by atoms with Gasteiger partial charge in [0.2, 0.25) is 11.8 Å². The van der Waals surface area contributed by atoms with Crippen LogP contribution in [0.2, 0.25) is 0 Å². The maximum atomic E-state index is 13.8. The van der Waals surface area contributed by atoms with Gasteiger partial charge in [-0.05, 0) is 57.5 Å². The molecule has 0 aliphatic carbocycles. The summed E-state index contributed by atoms with van der Waals surface area (Å²) in [6.45, 7) is 6.49. The molecule has 0 aromatic heterocycles. The number of nitro groups is 1. The van der Waals surface area contributed by atoms with Crippen LogP contribution in [0.1, 0.15) is 33.3 Å². The Morgan fingerprint density at radius 3 is 1.97 bits per heavy atom. The zero-order valence-corrected chi connectivity index (χ0v) is 23.1. The lowest BCUT2D eigenvalue weighted by molar-refractivity contribution is -0.384. The molecule has 0 saturated carbocycles. The Morgan fingerprint density at radius 2 is 1.46 bits per heavy atom. The van der Waals surface area contributed by atoms with E-state index in [0.717, 1.165) is 9.87 Å². The fourth-order valence-electron chi connectivity index (χ4n) is 3.83. The van der Waals surface area contributed by atoms with E-state index in [1.807, 2.05) is 39.0 Å². The van der Waals surface area contributed by atoms with E-state index >= 15 is 0 Å². The molecule has 0 bridgehead atoms. The first-order valence-electron chi connectivity index (χ1n) is 12.3. The highest BCUT2D eigenvalue weighted by molar-refractivity contribution is 7.92. The van der Waals surface area contributed by atoms with E-state index in [2.05, 4.69) is 5.32 Å². The van der Waals surface area contributed by atoms with Crippen LogP contribution in [-0.4, -0.2) is 48.2 Å². The van der Waals surface area contributed by atoms with Crippen molar-refractivity contribution in [1.29, 1.82) is 0 Å². The van der Waals surface area contributed by atoms with Crippen LogP contribution in [0.3, 0.4) is 0 Å². The Bertz CT molecular complexity index is 1410. The first-order valence-corrected chi connectivity index (χ1v) is 13.7. The number of carbonyl (C=O) groups is 2. The summed E-state index contributed by atoms with van der Waals surface area (Å²) in [6.07, 6.45) is 0. The molecule has 3 rings (SSSR count). The topological polar surface area (TPSA) is 130 Å². The fraction of sp³-hybridized carbons (Fsp3) is 0.286. The standard InChI is InChI=1S/C28H32N4O6S/c1-21(27(34)29-28(2,3)4)30(19-22-11-7-5-8-12-22)26(33)20-31(23-15-17-24(18-16-23)32(35)36)39(37,38)25-13-9-6-10-14-25/h5-18,21H,19-20H2,1-4H3,(H,29,34)/t21-/m0/s1. The molecule has 0 fully saturated rings. The summed E-state index contributed by atoms with van der Waals surface area (Å²) < 4.78 is 28.3. The van der Waals surface area contributed by atoms with E-state index in [-0.39, 0.29) is 28.7 Å². The number of anilines is 1. The molecule has 2 amide bonds. The van der Waals surface area contributed by atoms with Gasteiger partial charge in [0.05, 0.1) is 15.5 Å². The second-order valence-corrected chi connectivity index (χ2v) is 11.9. The Morgan fingerprint density at radius 1 is 0.923 bits per heavy atom. The number of hydrogen-bond donors (Lipinski definition) is 1. The Kier molecular flexibility index (Phi) is 9.08. The minimum atomic E-state index is -4.25. The zero-order chi connectivity index (χ0) is 28.8. The summed E-state index contributed by atoms with van der Waals surface area (Å²) in [5, 5.41) is 14.0. The lowest BCUT2D eigenvalue weighted by Gasteiger charge is -2.33. The molecular weight excluding hydrogens is 520 g/mol. The molecule has 0 aliphatic rings. The molecule has 0 heterocycles. The van der Waals surface area contributed by atoms with Crippen LogP contribution >= 0.6 is 0 Å². The van der Waals surface area contributed by atoms with Gasteiger partial charge in [0, 0.05) is 24.2 Å². The third-order valence-electron chi connectivity index (χ3n) is 5.82. The maximum Gasteiger partial charge on any atom is 0.269 e. The molecule has 39 heavy (non-hydrogen) atoms. The fourth-order valence-corrected chi connectivity index (χ4v) is 5.26. The number of nitro benzene ring substituents is 1. The Hall–Kier alpha value is -4.25. The van der Waals surface area contributed by atoms with Crippen molar-refractivity contribution in [2.45, 2.75) is 50.7 Å². The van der Waals surface area contributed by atoms with Crippen LogP contribution in [0, 0.1) is 10.1 Å². The molecule has 3 aromatic rings. The molecule has 0 saturated heterocycles. The highest BCUT2D eigenvalue weighted by atomic mass is 32.2. The summed E-state index contributed by atoms with van der Waals surface area (Å²) in [5.41, 5.74) is 0.0625. The van der Waals surface area contributed by atoms with Crippen LogP contribution in [0.15, 0.2) is 89.8 Å². The van der Waals surface area contributed by atoms with Crippen LogP contribution < -0.4 is 9.62 Å². The highest BCUT2D eigenvalue weighted by Crippen LogP contribution is 2.26. The summed E-state index contributed by atoms with van der Waals surface area (Å²) >= 11 is 0. The van der Waals surface area contributed by atoms with Gasteiger partial charge in [0.15, 0.2) is 0 Å². The van der Waals surface area contributed by atoms with E-state index in [1.54, 1.807) is 37.3 Å². The molecule has 0 aliphatic heterocycles. The predicted molar refractivity (Wildman–Crippen MR) is 148 cm³/mol. The molecule has 0 spiro atoms. The van der Waals surface area contributed by atoms with Crippen molar-refractivity contribution in [3.05, 3.63) is 101 Å². The first-order chi connectivity index (χ1) is 18.3. The van der Waals surface area contributed by atoms with Crippen molar-refractivity contribution >= 4 is 33.2 Å². The van der Waals surface area contributed by atoms with Crippen molar-refractivity contribution in [2.24, 2.45) is 0 Å². The van der Waals surface area contributed by atoms with Crippen LogP contribution in [0.4, 0.5) is 11.4 Å². The lowest BCUT2D eigenvalue weighted by atomic mass is 10.1. The van der Waals surface area contributed by atoms with Crippen molar-refractivity contribution in [1.82, 2.24) is 10.2 Å². The number of amides is 2. The molecule has 0 unspecified atom stereocenters. The molecule has 3 aromatic carbocycles. The third-order valence-corrected chi connectivity index (χ3v) is 7.61. The molecule has 10 nitrogen and oxygen atoms in total. The number of nitrogens with one attached hydrogen (secondary N) is 1. The van der Waals surface area contributed by atoms with Gasteiger partial charge in [-0.2, -0.15) is 0 Å². The summed E-state index contributed by atoms with van der Waals surface area (Å²) in [6, 6.07) is 20.6. The van der Waals surface area contributed by atoms with Gasteiger partial charge < -0.3 is 10.2 Å². The van der Waals surface area contributed by atoms with Gasteiger partial charge in [0.25, 0.3) is 15.7 Å². The minimum absolute atomic E-state index is 0.0516. The normalized spacial score (nSPS) is 12.3. The lowest BCUT2D eigenvalue weighted by Crippen LogP contribution is -2.54. The molecule has 1 atom stereocenters.